The quantitative estimate of drug-likeness (QED) is 0.518. The van der Waals surface area contributed by atoms with E-state index in [1.165, 1.54) is 4.90 Å². The van der Waals surface area contributed by atoms with Crippen molar-refractivity contribution < 1.29 is 18.0 Å². The number of benzene rings is 2. The number of carbonyl (C=O) groups is 2. The third-order valence-corrected chi connectivity index (χ3v) is 6.70. The molecule has 2 amide bonds. The van der Waals surface area contributed by atoms with Crippen molar-refractivity contribution in [3.05, 3.63) is 64.7 Å². The maximum atomic E-state index is 13.6. The molecule has 0 saturated heterocycles. The zero-order chi connectivity index (χ0) is 24.6. The Kier molecular flexibility index (Phi) is 9.73. The van der Waals surface area contributed by atoms with Crippen molar-refractivity contribution in [2.24, 2.45) is 0 Å². The summed E-state index contributed by atoms with van der Waals surface area (Å²) in [7, 11) is -3.75. The van der Waals surface area contributed by atoms with E-state index >= 15 is 0 Å². The summed E-state index contributed by atoms with van der Waals surface area (Å²) >= 11 is 5.99. The maximum absolute atomic E-state index is 13.6. The standard InChI is InChI=1S/C24H32ClN3O4S/c1-5-19-10-8-9-11-22(19)28(33(4,31)32)17-23(29)27(21(6-2)24(30)26-7-3)16-18-12-14-20(25)15-13-18/h8-15,21H,5-7,16-17H2,1-4H3,(H,26,30). The van der Waals surface area contributed by atoms with Gasteiger partial charge in [-0.25, -0.2) is 8.42 Å². The summed E-state index contributed by atoms with van der Waals surface area (Å²) in [5.74, 6) is -0.735. The van der Waals surface area contributed by atoms with Gasteiger partial charge in [-0.05, 0) is 49.1 Å². The third kappa shape index (κ3) is 7.20. The molecule has 0 saturated carbocycles. The van der Waals surface area contributed by atoms with E-state index in [2.05, 4.69) is 5.32 Å². The molecule has 0 aliphatic rings. The topological polar surface area (TPSA) is 86.8 Å². The molecule has 0 aliphatic heterocycles. The minimum absolute atomic E-state index is 0.151. The van der Waals surface area contributed by atoms with Gasteiger partial charge < -0.3 is 10.2 Å². The predicted octanol–water partition coefficient (Wildman–Crippen LogP) is 3.61. The molecule has 2 rings (SSSR count). The van der Waals surface area contributed by atoms with Gasteiger partial charge >= 0.3 is 0 Å². The highest BCUT2D eigenvalue weighted by molar-refractivity contribution is 7.92. The summed E-state index contributed by atoms with van der Waals surface area (Å²) in [5, 5.41) is 3.34. The minimum Gasteiger partial charge on any atom is -0.355 e. The molecule has 7 nitrogen and oxygen atoms in total. The molecule has 0 spiro atoms. The van der Waals surface area contributed by atoms with Gasteiger partial charge in [-0.2, -0.15) is 0 Å². The smallest absolute Gasteiger partial charge is 0.244 e. The zero-order valence-corrected chi connectivity index (χ0v) is 21.1. The Bertz CT molecular complexity index is 1060. The van der Waals surface area contributed by atoms with Crippen LogP contribution in [0.15, 0.2) is 48.5 Å². The first-order valence-corrected chi connectivity index (χ1v) is 13.2. The van der Waals surface area contributed by atoms with E-state index < -0.39 is 28.5 Å². The van der Waals surface area contributed by atoms with Gasteiger partial charge in [-0.15, -0.1) is 0 Å². The van der Waals surface area contributed by atoms with Crippen LogP contribution in [-0.4, -0.2) is 50.5 Å². The molecule has 9 heteroatoms. The molecule has 33 heavy (non-hydrogen) atoms. The highest BCUT2D eigenvalue weighted by atomic mass is 35.5. The number of likely N-dealkylation sites (N-methyl/N-ethyl adjacent to an activating group) is 1. The molecule has 2 aromatic carbocycles. The minimum atomic E-state index is -3.75. The summed E-state index contributed by atoms with van der Waals surface area (Å²) in [4.78, 5) is 27.8. The lowest BCUT2D eigenvalue weighted by Gasteiger charge is -2.33. The number of amides is 2. The molecule has 1 atom stereocenters. The number of nitrogens with zero attached hydrogens (tertiary/aromatic N) is 2. The number of carbonyl (C=O) groups excluding carboxylic acids is 2. The van der Waals surface area contributed by atoms with E-state index in [0.717, 1.165) is 21.7 Å². The van der Waals surface area contributed by atoms with Gasteiger partial charge in [-0.3, -0.25) is 13.9 Å². The van der Waals surface area contributed by atoms with Crippen LogP contribution in [0.1, 0.15) is 38.3 Å². The van der Waals surface area contributed by atoms with E-state index in [9.17, 15) is 18.0 Å². The fourth-order valence-electron chi connectivity index (χ4n) is 3.65. The monoisotopic (exact) mass is 493 g/mol. The average Bonchev–Trinajstić information content (AvgIpc) is 2.78. The molecule has 0 aromatic heterocycles. The third-order valence-electron chi connectivity index (χ3n) is 5.32. The second-order valence-electron chi connectivity index (χ2n) is 7.72. The van der Waals surface area contributed by atoms with Crippen molar-refractivity contribution in [1.82, 2.24) is 10.2 Å². The lowest BCUT2D eigenvalue weighted by atomic mass is 10.1. The fraction of sp³-hybridized carbons (Fsp3) is 0.417. The van der Waals surface area contributed by atoms with Crippen molar-refractivity contribution in [3.8, 4) is 0 Å². The predicted molar refractivity (Wildman–Crippen MR) is 133 cm³/mol. The van der Waals surface area contributed by atoms with Crippen molar-refractivity contribution in [2.75, 3.05) is 23.7 Å². The summed E-state index contributed by atoms with van der Waals surface area (Å²) < 4.78 is 26.5. The lowest BCUT2D eigenvalue weighted by Crippen LogP contribution is -2.52. The summed E-state index contributed by atoms with van der Waals surface area (Å²) in [6, 6.07) is 13.4. The second kappa shape index (κ2) is 12.0. The van der Waals surface area contributed by atoms with E-state index in [-0.39, 0.29) is 12.5 Å². The molecule has 0 radical (unpaired) electrons. The highest BCUT2D eigenvalue weighted by Crippen LogP contribution is 2.24. The number of anilines is 1. The van der Waals surface area contributed by atoms with Crippen LogP contribution in [-0.2, 0) is 32.6 Å². The molecule has 0 heterocycles. The average molecular weight is 494 g/mol. The highest BCUT2D eigenvalue weighted by Gasteiger charge is 2.32. The molecule has 2 aromatic rings. The summed E-state index contributed by atoms with van der Waals surface area (Å²) in [5.41, 5.74) is 2.07. The van der Waals surface area contributed by atoms with Crippen LogP contribution >= 0.6 is 11.6 Å². The first kappa shape index (κ1) is 26.7. The number of hydrogen-bond donors (Lipinski definition) is 1. The molecule has 0 aliphatic carbocycles. The number of sulfonamides is 1. The van der Waals surface area contributed by atoms with E-state index in [1.807, 2.05) is 32.9 Å². The Balaban J connectivity index is 2.46. The van der Waals surface area contributed by atoms with E-state index in [0.29, 0.717) is 30.1 Å². The molecule has 0 bridgehead atoms. The lowest BCUT2D eigenvalue weighted by molar-refractivity contribution is -0.140. The van der Waals surface area contributed by atoms with Gasteiger partial charge in [0.25, 0.3) is 0 Å². The van der Waals surface area contributed by atoms with Crippen LogP contribution in [0.25, 0.3) is 0 Å². The number of rotatable bonds is 11. The molecular formula is C24H32ClN3O4S. The molecule has 1 N–H and O–H groups in total. The van der Waals surface area contributed by atoms with Crippen molar-refractivity contribution >= 4 is 39.1 Å². The van der Waals surface area contributed by atoms with E-state index in [1.54, 1.807) is 36.4 Å². The van der Waals surface area contributed by atoms with Gasteiger partial charge in [0.15, 0.2) is 0 Å². The number of aryl methyl sites for hydroxylation is 1. The summed E-state index contributed by atoms with van der Waals surface area (Å²) in [6.45, 7) is 5.73. The second-order valence-corrected chi connectivity index (χ2v) is 10.1. The first-order chi connectivity index (χ1) is 15.6. The Morgan fingerprint density at radius 1 is 1.03 bits per heavy atom. The van der Waals surface area contributed by atoms with Crippen molar-refractivity contribution in [3.63, 3.8) is 0 Å². The van der Waals surface area contributed by atoms with Gasteiger partial charge in [0.05, 0.1) is 11.9 Å². The van der Waals surface area contributed by atoms with Gasteiger partial charge in [0.1, 0.15) is 12.6 Å². The zero-order valence-electron chi connectivity index (χ0n) is 19.5. The van der Waals surface area contributed by atoms with Crippen molar-refractivity contribution in [1.29, 1.82) is 0 Å². The Labute approximate surface area is 201 Å². The Hall–Kier alpha value is -2.58. The van der Waals surface area contributed by atoms with E-state index in [4.69, 9.17) is 11.6 Å². The normalized spacial score (nSPS) is 12.2. The fourth-order valence-corrected chi connectivity index (χ4v) is 4.65. The number of halogens is 1. The number of nitrogens with one attached hydrogen (secondary N) is 1. The molecule has 0 fully saturated rings. The number of hydrogen-bond acceptors (Lipinski definition) is 4. The maximum Gasteiger partial charge on any atom is 0.244 e. The van der Waals surface area contributed by atoms with Gasteiger partial charge in [-0.1, -0.05) is 55.8 Å². The van der Waals surface area contributed by atoms with Gasteiger partial charge in [0.2, 0.25) is 21.8 Å². The first-order valence-electron chi connectivity index (χ1n) is 11.0. The molecular weight excluding hydrogens is 462 g/mol. The summed E-state index contributed by atoms with van der Waals surface area (Å²) in [6.07, 6.45) is 2.08. The van der Waals surface area contributed by atoms with Crippen molar-refractivity contribution in [2.45, 2.75) is 46.2 Å². The largest absolute Gasteiger partial charge is 0.355 e. The Morgan fingerprint density at radius 3 is 2.21 bits per heavy atom. The molecule has 1 unspecified atom stereocenters. The Morgan fingerprint density at radius 2 is 1.67 bits per heavy atom. The van der Waals surface area contributed by atoms with Crippen LogP contribution in [0, 0.1) is 0 Å². The van der Waals surface area contributed by atoms with Crippen LogP contribution in [0.3, 0.4) is 0 Å². The van der Waals surface area contributed by atoms with Crippen LogP contribution in [0.5, 0.6) is 0 Å². The molecule has 180 valence electrons. The SMILES string of the molecule is CCNC(=O)C(CC)N(Cc1ccc(Cl)cc1)C(=O)CN(c1ccccc1CC)S(C)(=O)=O. The van der Waals surface area contributed by atoms with Gasteiger partial charge in [0, 0.05) is 18.1 Å². The van der Waals surface area contributed by atoms with Crippen LogP contribution in [0.4, 0.5) is 5.69 Å². The van der Waals surface area contributed by atoms with Crippen LogP contribution in [0.2, 0.25) is 5.02 Å². The number of para-hydroxylation sites is 1. The van der Waals surface area contributed by atoms with Crippen LogP contribution < -0.4 is 9.62 Å².